The molecule has 29 heavy (non-hydrogen) atoms. The van der Waals surface area contributed by atoms with Gasteiger partial charge in [-0.15, -0.1) is 0 Å². The van der Waals surface area contributed by atoms with E-state index in [9.17, 15) is 9.59 Å². The van der Waals surface area contributed by atoms with Crippen molar-refractivity contribution in [3.05, 3.63) is 75.6 Å². The van der Waals surface area contributed by atoms with E-state index in [1.165, 1.54) is 24.6 Å². The molecule has 0 amide bonds. The number of aromatic nitrogens is 1. The van der Waals surface area contributed by atoms with Crippen LogP contribution in [-0.4, -0.2) is 49.1 Å². The first kappa shape index (κ1) is 19.2. The molecule has 0 aliphatic carbocycles. The molecule has 0 atom stereocenters. The summed E-state index contributed by atoms with van der Waals surface area (Å²) >= 11 is 0. The number of piperazine rings is 1. The van der Waals surface area contributed by atoms with Crippen molar-refractivity contribution in [2.24, 2.45) is 0 Å². The maximum atomic E-state index is 12.6. The predicted octanol–water partition coefficient (Wildman–Crippen LogP) is 2.95. The zero-order valence-corrected chi connectivity index (χ0v) is 16.8. The molecule has 1 fully saturated rings. The lowest BCUT2D eigenvalue weighted by Crippen LogP contribution is -2.46. The van der Waals surface area contributed by atoms with Crippen LogP contribution in [0.25, 0.3) is 10.9 Å². The van der Waals surface area contributed by atoms with E-state index < -0.39 is 5.97 Å². The summed E-state index contributed by atoms with van der Waals surface area (Å²) in [6, 6.07) is 14.4. The van der Waals surface area contributed by atoms with Gasteiger partial charge in [0.15, 0.2) is 0 Å². The Morgan fingerprint density at radius 1 is 1.10 bits per heavy atom. The largest absolute Gasteiger partial charge is 0.465 e. The molecule has 0 radical (unpaired) electrons. The molecule has 1 aliphatic heterocycles. The van der Waals surface area contributed by atoms with E-state index in [2.05, 4.69) is 39.0 Å². The number of anilines is 1. The Kier molecular flexibility index (Phi) is 5.36. The van der Waals surface area contributed by atoms with Gasteiger partial charge in [-0.25, -0.2) is 4.79 Å². The number of esters is 1. The number of benzene rings is 2. The Balaban J connectivity index is 1.51. The number of hydrogen-bond donors (Lipinski definition) is 1. The summed E-state index contributed by atoms with van der Waals surface area (Å²) in [4.78, 5) is 32.3. The summed E-state index contributed by atoms with van der Waals surface area (Å²) in [5, 5.41) is 0.517. The van der Waals surface area contributed by atoms with Gasteiger partial charge in [0.25, 0.3) is 0 Å². The number of H-pyrrole nitrogens is 1. The van der Waals surface area contributed by atoms with Gasteiger partial charge in [0.05, 0.1) is 7.11 Å². The number of ether oxygens (including phenoxy) is 1. The Hall–Kier alpha value is -3.12. The van der Waals surface area contributed by atoms with Crippen LogP contribution in [0.1, 0.15) is 21.5 Å². The molecule has 2 aromatic carbocycles. The topological polar surface area (TPSA) is 65.6 Å². The number of nitrogens with zero attached hydrogens (tertiary/aromatic N) is 2. The van der Waals surface area contributed by atoms with Crippen molar-refractivity contribution in [2.45, 2.75) is 13.5 Å². The normalized spacial score (nSPS) is 14.9. The summed E-state index contributed by atoms with van der Waals surface area (Å²) in [5.41, 5.74) is 3.99. The molecule has 1 saturated heterocycles. The number of aromatic amines is 1. The molecular formula is C23H25N3O3. The molecule has 0 spiro atoms. The molecule has 0 unspecified atom stereocenters. The number of methoxy groups -OCH3 is 1. The Morgan fingerprint density at radius 3 is 2.52 bits per heavy atom. The van der Waals surface area contributed by atoms with E-state index in [1.807, 2.05) is 25.1 Å². The standard InChI is InChI=1S/C23H25N3O3/c1-16-12-19-21(24-14-20(22(19)27)23(28)29-2)13-17(16)15-25-8-10-26(11-9-25)18-6-4-3-5-7-18/h3-7,12-14H,8-11,15H2,1-2H3,(H,24,27). The fourth-order valence-electron chi connectivity index (χ4n) is 3.90. The quantitative estimate of drug-likeness (QED) is 0.693. The molecule has 0 saturated carbocycles. The lowest BCUT2D eigenvalue weighted by Gasteiger charge is -2.36. The summed E-state index contributed by atoms with van der Waals surface area (Å²) in [7, 11) is 1.28. The van der Waals surface area contributed by atoms with Crippen LogP contribution in [0.5, 0.6) is 0 Å². The average molecular weight is 391 g/mol. The van der Waals surface area contributed by atoms with Gasteiger partial charge in [0, 0.05) is 55.5 Å². The first-order valence-electron chi connectivity index (χ1n) is 9.82. The van der Waals surface area contributed by atoms with Crippen molar-refractivity contribution in [1.82, 2.24) is 9.88 Å². The van der Waals surface area contributed by atoms with Crippen molar-refractivity contribution in [2.75, 3.05) is 38.2 Å². The molecule has 6 heteroatoms. The van der Waals surface area contributed by atoms with E-state index in [-0.39, 0.29) is 11.0 Å². The van der Waals surface area contributed by atoms with Crippen LogP contribution in [-0.2, 0) is 11.3 Å². The molecule has 3 aromatic rings. The molecule has 1 N–H and O–H groups in total. The van der Waals surface area contributed by atoms with Crippen LogP contribution in [0, 0.1) is 6.92 Å². The Bertz CT molecular complexity index is 1080. The van der Waals surface area contributed by atoms with Gasteiger partial charge in [-0.3, -0.25) is 9.69 Å². The summed E-state index contributed by atoms with van der Waals surface area (Å²) in [5.74, 6) is -0.619. The monoisotopic (exact) mass is 391 g/mol. The van der Waals surface area contributed by atoms with Gasteiger partial charge < -0.3 is 14.6 Å². The van der Waals surface area contributed by atoms with Crippen LogP contribution in [0.2, 0.25) is 0 Å². The second-order valence-electron chi connectivity index (χ2n) is 7.45. The molecule has 1 aliphatic rings. The number of fused-ring (bicyclic) bond motifs is 1. The lowest BCUT2D eigenvalue weighted by atomic mass is 10.0. The summed E-state index contributed by atoms with van der Waals surface area (Å²) in [6.07, 6.45) is 1.44. The number of carbonyl (C=O) groups excluding carboxylic acids is 1. The highest BCUT2D eigenvalue weighted by Gasteiger charge is 2.19. The van der Waals surface area contributed by atoms with Crippen molar-refractivity contribution < 1.29 is 9.53 Å². The molecule has 150 valence electrons. The van der Waals surface area contributed by atoms with Gasteiger partial charge in [-0.1, -0.05) is 18.2 Å². The van der Waals surface area contributed by atoms with Crippen LogP contribution in [0.4, 0.5) is 5.69 Å². The molecule has 6 nitrogen and oxygen atoms in total. The van der Waals surface area contributed by atoms with Crippen LogP contribution in [0.15, 0.2) is 53.5 Å². The van der Waals surface area contributed by atoms with Gasteiger partial charge in [-0.05, 0) is 42.3 Å². The third-order valence-corrected chi connectivity index (χ3v) is 5.63. The molecular weight excluding hydrogens is 366 g/mol. The van der Waals surface area contributed by atoms with Gasteiger partial charge in [-0.2, -0.15) is 0 Å². The number of para-hydroxylation sites is 1. The van der Waals surface area contributed by atoms with E-state index in [1.54, 1.807) is 0 Å². The number of carbonyl (C=O) groups is 1. The second kappa shape index (κ2) is 8.09. The van der Waals surface area contributed by atoms with Crippen molar-refractivity contribution in [3.63, 3.8) is 0 Å². The third kappa shape index (κ3) is 3.89. The third-order valence-electron chi connectivity index (χ3n) is 5.63. The van der Waals surface area contributed by atoms with Gasteiger partial charge in [0.2, 0.25) is 5.43 Å². The minimum Gasteiger partial charge on any atom is -0.465 e. The van der Waals surface area contributed by atoms with E-state index in [4.69, 9.17) is 4.74 Å². The average Bonchev–Trinajstić information content (AvgIpc) is 2.76. The van der Waals surface area contributed by atoms with Crippen molar-refractivity contribution in [1.29, 1.82) is 0 Å². The molecule has 2 heterocycles. The van der Waals surface area contributed by atoms with Crippen LogP contribution < -0.4 is 10.3 Å². The smallest absolute Gasteiger partial charge is 0.343 e. The minimum absolute atomic E-state index is 0.0317. The summed E-state index contributed by atoms with van der Waals surface area (Å²) < 4.78 is 4.69. The van der Waals surface area contributed by atoms with Crippen LogP contribution in [0.3, 0.4) is 0 Å². The van der Waals surface area contributed by atoms with Crippen LogP contribution >= 0.6 is 0 Å². The second-order valence-corrected chi connectivity index (χ2v) is 7.45. The fraction of sp³-hybridized carbons (Fsp3) is 0.304. The summed E-state index contributed by atoms with van der Waals surface area (Å²) in [6.45, 7) is 6.82. The van der Waals surface area contributed by atoms with E-state index in [0.29, 0.717) is 5.39 Å². The zero-order valence-electron chi connectivity index (χ0n) is 16.8. The first-order valence-corrected chi connectivity index (χ1v) is 9.82. The minimum atomic E-state index is -0.619. The SMILES string of the molecule is COC(=O)c1c[nH]c2cc(CN3CCN(c4ccccc4)CC3)c(C)cc2c1=O. The lowest BCUT2D eigenvalue weighted by molar-refractivity contribution is 0.0599. The van der Waals surface area contributed by atoms with Crippen molar-refractivity contribution >= 4 is 22.6 Å². The van der Waals surface area contributed by atoms with Gasteiger partial charge in [0.1, 0.15) is 5.56 Å². The number of hydrogen-bond acceptors (Lipinski definition) is 5. The number of nitrogens with one attached hydrogen (secondary N) is 1. The van der Waals surface area contributed by atoms with Crippen molar-refractivity contribution in [3.8, 4) is 0 Å². The van der Waals surface area contributed by atoms with E-state index >= 15 is 0 Å². The Labute approximate surface area is 169 Å². The molecule has 1 aromatic heterocycles. The van der Waals surface area contributed by atoms with E-state index in [0.717, 1.165) is 43.8 Å². The maximum Gasteiger partial charge on any atom is 0.343 e. The zero-order chi connectivity index (χ0) is 20.4. The number of aryl methyl sites for hydroxylation is 1. The highest BCUT2D eigenvalue weighted by Crippen LogP contribution is 2.20. The first-order chi connectivity index (χ1) is 14.1. The highest BCUT2D eigenvalue weighted by molar-refractivity contribution is 5.93. The Morgan fingerprint density at radius 2 is 1.83 bits per heavy atom. The molecule has 0 bridgehead atoms. The maximum absolute atomic E-state index is 12.6. The number of rotatable bonds is 4. The van der Waals surface area contributed by atoms with Gasteiger partial charge >= 0.3 is 5.97 Å². The predicted molar refractivity (Wildman–Crippen MR) is 115 cm³/mol. The molecule has 4 rings (SSSR count). The fourth-order valence-corrected chi connectivity index (χ4v) is 3.90. The number of pyridine rings is 1. The highest BCUT2D eigenvalue weighted by atomic mass is 16.5.